The van der Waals surface area contributed by atoms with Crippen LogP contribution in [0.15, 0.2) is 26.8 Å². The van der Waals surface area contributed by atoms with Gasteiger partial charge in [-0.05, 0) is 0 Å². The second kappa shape index (κ2) is 5.09. The van der Waals surface area contributed by atoms with E-state index in [-0.39, 0.29) is 11.8 Å². The van der Waals surface area contributed by atoms with Gasteiger partial charge in [-0.25, -0.2) is 9.98 Å². The minimum Gasteiger partial charge on any atom is -0.273 e. The van der Waals surface area contributed by atoms with Crippen molar-refractivity contribution in [1.29, 1.82) is 0 Å². The number of allylic oxidation sites excluding steroid dienone is 2. The van der Waals surface area contributed by atoms with Gasteiger partial charge in [0.05, 0.1) is 23.8 Å². The van der Waals surface area contributed by atoms with Crippen molar-refractivity contribution in [2.45, 2.75) is 20.3 Å². The number of carbonyl (C=O) groups is 2. The second-order valence-corrected chi connectivity index (χ2v) is 2.99. The fourth-order valence-corrected chi connectivity index (χ4v) is 0.952. The first-order chi connectivity index (χ1) is 7.08. The molecule has 0 unspecified atom stereocenters. The zero-order valence-corrected chi connectivity index (χ0v) is 8.60. The highest BCUT2D eigenvalue weighted by atomic mass is 16.1. The fourth-order valence-electron chi connectivity index (χ4n) is 0.952. The molecule has 0 saturated carbocycles. The van der Waals surface area contributed by atoms with Crippen LogP contribution in [0.4, 0.5) is 0 Å². The molecule has 1 heterocycles. The van der Waals surface area contributed by atoms with Crippen molar-refractivity contribution in [3.63, 3.8) is 0 Å². The van der Waals surface area contributed by atoms with E-state index < -0.39 is 0 Å². The van der Waals surface area contributed by atoms with Crippen molar-refractivity contribution in [2.75, 3.05) is 0 Å². The third kappa shape index (κ3) is 4.21. The van der Waals surface area contributed by atoms with E-state index in [1.165, 1.54) is 26.3 Å². The summed E-state index contributed by atoms with van der Waals surface area (Å²) in [6.07, 6.45) is 5.24. The zero-order valence-electron chi connectivity index (χ0n) is 8.60. The summed E-state index contributed by atoms with van der Waals surface area (Å²) in [7, 11) is 0. The summed E-state index contributed by atoms with van der Waals surface area (Å²) in [6, 6.07) is 0. The summed E-state index contributed by atoms with van der Waals surface area (Å²) in [5, 5.41) is 0. The molecule has 5 nitrogen and oxygen atoms in total. The molecule has 0 saturated heterocycles. The van der Waals surface area contributed by atoms with Gasteiger partial charge in [-0.15, -0.1) is 0 Å². The van der Waals surface area contributed by atoms with Gasteiger partial charge in [-0.2, -0.15) is 0 Å². The molecule has 0 fully saturated rings. The Morgan fingerprint density at radius 3 is 2.47 bits per heavy atom. The van der Waals surface area contributed by atoms with Crippen LogP contribution in [-0.4, -0.2) is 30.0 Å². The fraction of sp³-hybridized carbons (Fsp3) is 0.300. The molecule has 1 rings (SSSR count). The van der Waals surface area contributed by atoms with Crippen LogP contribution in [0.25, 0.3) is 0 Å². The van der Waals surface area contributed by atoms with Gasteiger partial charge in [-0.3, -0.25) is 14.6 Å². The summed E-state index contributed by atoms with van der Waals surface area (Å²) in [5.74, 6) is -0.527. The topological polar surface area (TPSA) is 71.2 Å². The summed E-state index contributed by atoms with van der Waals surface area (Å²) in [4.78, 5) is 32.4. The number of rotatable bonds is 2. The molecule has 78 valence electrons. The zero-order chi connectivity index (χ0) is 11.3. The summed E-state index contributed by atoms with van der Waals surface area (Å²) in [6.45, 7) is 2.74. The number of carbonyl (C=O) groups excluding carboxylic acids is 2. The van der Waals surface area contributed by atoms with Gasteiger partial charge in [0.2, 0.25) is 11.8 Å². The summed E-state index contributed by atoms with van der Waals surface area (Å²) < 4.78 is 0. The Labute approximate surface area is 87.3 Å². The van der Waals surface area contributed by atoms with Gasteiger partial charge < -0.3 is 0 Å². The van der Waals surface area contributed by atoms with Gasteiger partial charge in [0, 0.05) is 20.3 Å². The number of nitrogens with zero attached hydrogens (tertiary/aromatic N) is 3. The standard InChI is InChI=1S/C10H11N3O2/c1-7(14)11-5-9-3-4-10(13-9)6-12-8(2)15/h3,5-6H,4H2,1-2H3. The molecule has 0 aliphatic carbocycles. The average molecular weight is 205 g/mol. The van der Waals surface area contributed by atoms with E-state index in [1.54, 1.807) is 0 Å². The van der Waals surface area contributed by atoms with Crippen molar-refractivity contribution >= 4 is 30.0 Å². The van der Waals surface area contributed by atoms with Crippen molar-refractivity contribution in [2.24, 2.45) is 15.0 Å². The number of amides is 2. The first kappa shape index (κ1) is 11.2. The Balaban J connectivity index is 2.60. The van der Waals surface area contributed by atoms with Crippen LogP contribution in [-0.2, 0) is 9.59 Å². The predicted octanol–water partition coefficient (Wildman–Crippen LogP) is 0.950. The first-order valence-corrected chi connectivity index (χ1v) is 4.45. The van der Waals surface area contributed by atoms with Crippen molar-refractivity contribution in [3.8, 4) is 0 Å². The normalized spacial score (nSPS) is 15.9. The minimum absolute atomic E-state index is 0.261. The lowest BCUT2D eigenvalue weighted by atomic mass is 10.3. The summed E-state index contributed by atoms with van der Waals surface area (Å²) in [5.41, 5.74) is 1.31. The molecule has 0 aromatic rings. The Kier molecular flexibility index (Phi) is 3.79. The van der Waals surface area contributed by atoms with Crippen molar-refractivity contribution < 1.29 is 9.59 Å². The molecule has 1 aliphatic rings. The molecule has 15 heavy (non-hydrogen) atoms. The van der Waals surface area contributed by atoms with Crippen LogP contribution in [0.5, 0.6) is 0 Å². The third-order valence-corrected chi connectivity index (χ3v) is 1.57. The maximum atomic E-state index is 10.6. The minimum atomic E-state index is -0.267. The van der Waals surface area contributed by atoms with Gasteiger partial charge in [0.15, 0.2) is 0 Å². The number of hydrogen-bond acceptors (Lipinski definition) is 3. The predicted molar refractivity (Wildman–Crippen MR) is 58.5 cm³/mol. The van der Waals surface area contributed by atoms with E-state index in [2.05, 4.69) is 15.0 Å². The molecule has 0 bridgehead atoms. The lowest BCUT2D eigenvalue weighted by Crippen LogP contribution is -1.96. The van der Waals surface area contributed by atoms with Crippen LogP contribution >= 0.6 is 0 Å². The van der Waals surface area contributed by atoms with E-state index in [9.17, 15) is 9.59 Å². The smallest absolute Gasteiger partial charge is 0.242 e. The molecule has 5 heteroatoms. The van der Waals surface area contributed by atoms with Gasteiger partial charge in [0.25, 0.3) is 0 Å². The molecule has 0 N–H and O–H groups in total. The molecule has 0 spiro atoms. The second-order valence-electron chi connectivity index (χ2n) is 2.99. The van der Waals surface area contributed by atoms with Crippen LogP contribution in [0, 0.1) is 0 Å². The van der Waals surface area contributed by atoms with E-state index >= 15 is 0 Å². The largest absolute Gasteiger partial charge is 0.273 e. The van der Waals surface area contributed by atoms with E-state index in [4.69, 9.17) is 0 Å². The number of hydrogen-bond donors (Lipinski definition) is 0. The Morgan fingerprint density at radius 2 is 1.87 bits per heavy atom. The highest BCUT2D eigenvalue weighted by Gasteiger charge is 2.04. The number of aliphatic imine (C=N–C) groups is 3. The van der Waals surface area contributed by atoms with Crippen LogP contribution in [0.3, 0.4) is 0 Å². The van der Waals surface area contributed by atoms with Crippen LogP contribution in [0.2, 0.25) is 0 Å². The SMILES string of the molecule is CC(=O)N=CC1=CCC(C=NC(C)=O)=N1. The van der Waals surface area contributed by atoms with E-state index in [1.807, 2.05) is 6.08 Å². The molecule has 1 aliphatic heterocycles. The molecule has 0 atom stereocenters. The monoisotopic (exact) mass is 205 g/mol. The highest BCUT2D eigenvalue weighted by Crippen LogP contribution is 2.07. The first-order valence-electron chi connectivity index (χ1n) is 4.45. The molecule has 0 aromatic carbocycles. The maximum absolute atomic E-state index is 10.6. The third-order valence-electron chi connectivity index (χ3n) is 1.57. The lowest BCUT2D eigenvalue weighted by molar-refractivity contribution is -0.116. The Bertz CT molecular complexity index is 403. The molecular weight excluding hydrogens is 194 g/mol. The van der Waals surface area contributed by atoms with Gasteiger partial charge in [0.1, 0.15) is 0 Å². The highest BCUT2D eigenvalue weighted by molar-refractivity contribution is 6.34. The van der Waals surface area contributed by atoms with Gasteiger partial charge >= 0.3 is 0 Å². The van der Waals surface area contributed by atoms with Gasteiger partial charge in [-0.1, -0.05) is 6.08 Å². The lowest BCUT2D eigenvalue weighted by Gasteiger charge is -1.86. The summed E-state index contributed by atoms with van der Waals surface area (Å²) >= 11 is 0. The Hall–Kier alpha value is -1.91. The van der Waals surface area contributed by atoms with Crippen LogP contribution < -0.4 is 0 Å². The maximum Gasteiger partial charge on any atom is 0.242 e. The molecule has 2 amide bonds. The van der Waals surface area contributed by atoms with E-state index in [0.29, 0.717) is 17.8 Å². The molecule has 0 radical (unpaired) electrons. The van der Waals surface area contributed by atoms with E-state index in [0.717, 1.165) is 0 Å². The quantitative estimate of drug-likeness (QED) is 0.629. The molecule has 0 aromatic heterocycles. The average Bonchev–Trinajstić information content (AvgIpc) is 2.59. The molecular formula is C10H11N3O2. The Morgan fingerprint density at radius 1 is 1.27 bits per heavy atom. The van der Waals surface area contributed by atoms with Crippen molar-refractivity contribution in [1.82, 2.24) is 0 Å². The van der Waals surface area contributed by atoms with Crippen molar-refractivity contribution in [3.05, 3.63) is 11.8 Å². The van der Waals surface area contributed by atoms with Crippen LogP contribution in [0.1, 0.15) is 20.3 Å².